The molecule has 7 nitrogen and oxygen atoms in total. The predicted molar refractivity (Wildman–Crippen MR) is 109 cm³/mol. The Kier molecular flexibility index (Phi) is 5.93. The smallest absolute Gasteiger partial charge is 0.329 e. The zero-order valence-corrected chi connectivity index (χ0v) is 16.5. The third-order valence-corrected chi connectivity index (χ3v) is 4.48. The highest BCUT2D eigenvalue weighted by Crippen LogP contribution is 2.30. The number of anilines is 1. The lowest BCUT2D eigenvalue weighted by molar-refractivity contribution is -0.159. The summed E-state index contributed by atoms with van der Waals surface area (Å²) < 4.78 is 42.4. The van der Waals surface area contributed by atoms with Crippen molar-refractivity contribution < 1.29 is 22.5 Å². The summed E-state index contributed by atoms with van der Waals surface area (Å²) in [6, 6.07) is 15.9. The number of benzene rings is 1. The maximum atomic E-state index is 12.7. The van der Waals surface area contributed by atoms with Gasteiger partial charge in [-0.05, 0) is 36.2 Å². The molecular formula is C22H16F3N5O2. The number of pyridine rings is 2. The number of amides is 1. The van der Waals surface area contributed by atoms with E-state index < -0.39 is 12.1 Å². The highest BCUT2D eigenvalue weighted by atomic mass is 19.4. The molecule has 0 unspecified atom stereocenters. The van der Waals surface area contributed by atoms with Crippen molar-refractivity contribution in [3.8, 4) is 22.8 Å². The number of carbonyl (C=O) groups is 1. The van der Waals surface area contributed by atoms with Crippen molar-refractivity contribution >= 4 is 11.6 Å². The second-order valence-electron chi connectivity index (χ2n) is 6.81. The van der Waals surface area contributed by atoms with Gasteiger partial charge in [-0.1, -0.05) is 35.5 Å². The van der Waals surface area contributed by atoms with E-state index in [0.717, 1.165) is 5.56 Å². The fourth-order valence-corrected chi connectivity index (χ4v) is 2.94. The summed E-state index contributed by atoms with van der Waals surface area (Å²) in [6.45, 7) is 0. The normalized spacial score (nSPS) is 11.3. The molecule has 0 spiro atoms. The highest BCUT2D eigenvalue weighted by molar-refractivity contribution is 5.91. The topological polar surface area (TPSA) is 93.8 Å². The van der Waals surface area contributed by atoms with E-state index in [1.54, 1.807) is 12.1 Å². The fraction of sp³-hybridized carbons (Fsp3) is 0.136. The molecular weight excluding hydrogens is 423 g/mol. The Morgan fingerprint density at radius 1 is 0.969 bits per heavy atom. The second-order valence-corrected chi connectivity index (χ2v) is 6.81. The van der Waals surface area contributed by atoms with Crippen molar-refractivity contribution in [2.75, 3.05) is 5.32 Å². The number of rotatable bonds is 6. The Labute approximate surface area is 180 Å². The number of nitrogens with zero attached hydrogens (tertiary/aromatic N) is 4. The van der Waals surface area contributed by atoms with Crippen LogP contribution in [0.1, 0.15) is 17.9 Å². The van der Waals surface area contributed by atoms with Gasteiger partial charge in [-0.15, -0.1) is 0 Å². The van der Waals surface area contributed by atoms with Crippen LogP contribution in [0, 0.1) is 0 Å². The number of aryl methyl sites for hydroxylation is 1. The Morgan fingerprint density at radius 2 is 1.69 bits per heavy atom. The van der Waals surface area contributed by atoms with Crippen LogP contribution < -0.4 is 5.32 Å². The molecule has 0 atom stereocenters. The van der Waals surface area contributed by atoms with Crippen molar-refractivity contribution in [1.82, 2.24) is 20.1 Å². The quantitative estimate of drug-likeness (QED) is 0.465. The molecule has 1 amide bonds. The standard InChI is InChI=1S/C22H16F3N5O2/c23-22(24,25)21-29-20(30-32-21)15-8-10-26-17(12-15)18-13-16(9-11-27-18)28-19(31)7-6-14-4-2-1-3-5-14/h1-5,8-13H,6-7H2,(H,27,28,31). The van der Waals surface area contributed by atoms with Crippen molar-refractivity contribution in [1.29, 1.82) is 0 Å². The van der Waals surface area contributed by atoms with Crippen LogP contribution in [0.3, 0.4) is 0 Å². The maximum Gasteiger partial charge on any atom is 0.471 e. The van der Waals surface area contributed by atoms with E-state index in [-0.39, 0.29) is 17.3 Å². The average molecular weight is 439 g/mol. The third kappa shape index (κ3) is 5.15. The minimum absolute atomic E-state index is 0.154. The van der Waals surface area contributed by atoms with Gasteiger partial charge in [0.2, 0.25) is 11.7 Å². The molecule has 1 aromatic carbocycles. The Bertz CT molecular complexity index is 1230. The van der Waals surface area contributed by atoms with E-state index in [1.165, 1.54) is 24.5 Å². The van der Waals surface area contributed by atoms with Crippen LogP contribution >= 0.6 is 0 Å². The summed E-state index contributed by atoms with van der Waals surface area (Å²) in [5.41, 5.74) is 2.68. The molecule has 0 aliphatic carbocycles. The fourth-order valence-electron chi connectivity index (χ4n) is 2.94. The van der Waals surface area contributed by atoms with Crippen LogP contribution in [0.25, 0.3) is 22.8 Å². The van der Waals surface area contributed by atoms with Gasteiger partial charge in [-0.3, -0.25) is 14.8 Å². The van der Waals surface area contributed by atoms with Crippen molar-refractivity contribution in [3.05, 3.63) is 78.4 Å². The van der Waals surface area contributed by atoms with Gasteiger partial charge in [0.25, 0.3) is 0 Å². The molecule has 162 valence electrons. The van der Waals surface area contributed by atoms with E-state index in [0.29, 0.717) is 29.9 Å². The van der Waals surface area contributed by atoms with Gasteiger partial charge < -0.3 is 9.84 Å². The van der Waals surface area contributed by atoms with Gasteiger partial charge in [-0.2, -0.15) is 18.2 Å². The number of nitrogens with one attached hydrogen (secondary N) is 1. The molecule has 1 N–H and O–H groups in total. The van der Waals surface area contributed by atoms with Gasteiger partial charge in [0.05, 0.1) is 11.4 Å². The first-order valence-corrected chi connectivity index (χ1v) is 9.56. The van der Waals surface area contributed by atoms with Gasteiger partial charge in [-0.25, -0.2) is 0 Å². The van der Waals surface area contributed by atoms with E-state index in [2.05, 4.69) is 29.9 Å². The van der Waals surface area contributed by atoms with Gasteiger partial charge in [0, 0.05) is 30.1 Å². The lowest BCUT2D eigenvalue weighted by atomic mass is 10.1. The molecule has 4 aromatic rings. The molecule has 0 aliphatic heterocycles. The van der Waals surface area contributed by atoms with Gasteiger partial charge in [0.1, 0.15) is 0 Å². The molecule has 3 aromatic heterocycles. The summed E-state index contributed by atoms with van der Waals surface area (Å²) in [5, 5.41) is 6.20. The molecule has 0 radical (unpaired) electrons. The number of aromatic nitrogens is 4. The Morgan fingerprint density at radius 3 is 2.41 bits per heavy atom. The SMILES string of the molecule is O=C(CCc1ccccc1)Nc1ccnc(-c2cc(-c3noc(C(F)(F)F)n3)ccn2)c1. The second kappa shape index (κ2) is 8.96. The van der Waals surface area contributed by atoms with Crippen molar-refractivity contribution in [2.45, 2.75) is 19.0 Å². The molecule has 0 saturated carbocycles. The summed E-state index contributed by atoms with van der Waals surface area (Å²) in [5.74, 6) is -1.80. The monoisotopic (exact) mass is 439 g/mol. The summed E-state index contributed by atoms with van der Waals surface area (Å²) >= 11 is 0. The Balaban J connectivity index is 1.48. The van der Waals surface area contributed by atoms with E-state index in [1.807, 2.05) is 30.3 Å². The molecule has 0 bridgehead atoms. The van der Waals surface area contributed by atoms with Crippen LogP contribution in [0.5, 0.6) is 0 Å². The third-order valence-electron chi connectivity index (χ3n) is 4.48. The van der Waals surface area contributed by atoms with E-state index in [9.17, 15) is 18.0 Å². The number of halogens is 3. The predicted octanol–water partition coefficient (Wildman–Crippen LogP) is 4.78. The highest BCUT2D eigenvalue weighted by Gasteiger charge is 2.38. The lowest BCUT2D eigenvalue weighted by Gasteiger charge is -2.07. The van der Waals surface area contributed by atoms with Crippen LogP contribution in [-0.2, 0) is 17.4 Å². The molecule has 4 rings (SSSR count). The Hall–Kier alpha value is -4.08. The molecule has 0 aliphatic rings. The zero-order valence-electron chi connectivity index (χ0n) is 16.5. The van der Waals surface area contributed by atoms with Gasteiger partial charge >= 0.3 is 12.1 Å². The van der Waals surface area contributed by atoms with E-state index in [4.69, 9.17) is 0 Å². The van der Waals surface area contributed by atoms with Crippen LogP contribution in [-0.4, -0.2) is 26.0 Å². The molecule has 0 fully saturated rings. The number of hydrogen-bond acceptors (Lipinski definition) is 6. The maximum absolute atomic E-state index is 12.7. The first-order chi connectivity index (χ1) is 15.4. The summed E-state index contributed by atoms with van der Waals surface area (Å²) in [6.07, 6.45) is -0.892. The average Bonchev–Trinajstić information content (AvgIpc) is 3.30. The lowest BCUT2D eigenvalue weighted by Crippen LogP contribution is -2.12. The first kappa shape index (κ1) is 21.2. The summed E-state index contributed by atoms with van der Waals surface area (Å²) in [7, 11) is 0. The number of carbonyl (C=O) groups excluding carboxylic acids is 1. The van der Waals surface area contributed by atoms with E-state index >= 15 is 0 Å². The van der Waals surface area contributed by atoms with Crippen LogP contribution in [0.15, 0.2) is 71.5 Å². The van der Waals surface area contributed by atoms with Crippen molar-refractivity contribution in [3.63, 3.8) is 0 Å². The minimum Gasteiger partial charge on any atom is -0.329 e. The molecule has 32 heavy (non-hydrogen) atoms. The van der Waals surface area contributed by atoms with Crippen molar-refractivity contribution in [2.24, 2.45) is 0 Å². The summed E-state index contributed by atoms with van der Waals surface area (Å²) in [4.78, 5) is 24.1. The van der Waals surface area contributed by atoms with Crippen LogP contribution in [0.2, 0.25) is 0 Å². The molecule has 0 saturated heterocycles. The zero-order chi connectivity index (χ0) is 22.6. The number of hydrogen-bond donors (Lipinski definition) is 1. The van der Waals surface area contributed by atoms with Gasteiger partial charge in [0.15, 0.2) is 0 Å². The largest absolute Gasteiger partial charge is 0.471 e. The first-order valence-electron chi connectivity index (χ1n) is 9.56. The minimum atomic E-state index is -4.73. The number of alkyl halides is 3. The van der Waals surface area contributed by atoms with Crippen LogP contribution in [0.4, 0.5) is 18.9 Å². The molecule has 3 heterocycles. The molecule has 10 heteroatoms.